The molecule has 0 radical (unpaired) electrons. The molecule has 1 aliphatic carbocycles. The van der Waals surface area contributed by atoms with Crippen LogP contribution in [0.25, 0.3) is 10.9 Å². The molecule has 2 saturated heterocycles. The molecule has 70 heavy (non-hydrogen) atoms. The van der Waals surface area contributed by atoms with E-state index in [1.54, 1.807) is 13.2 Å². The van der Waals surface area contributed by atoms with Crippen molar-refractivity contribution in [2.45, 2.75) is 99.5 Å². The lowest BCUT2D eigenvalue weighted by atomic mass is 9.47. The lowest BCUT2D eigenvalue weighted by molar-refractivity contribution is -0.228. The minimum atomic E-state index is -2.36. The number of esters is 3. The van der Waals surface area contributed by atoms with Crippen molar-refractivity contribution >= 4 is 40.4 Å². The molecule has 372 valence electrons. The molecule has 1 aromatic heterocycles. The number of ether oxygens (including phenoxy) is 5. The third-order valence-electron chi connectivity index (χ3n) is 17.4. The molecule has 10 atom stereocenters. The van der Waals surface area contributed by atoms with E-state index in [2.05, 4.69) is 32.2 Å². The zero-order valence-electron chi connectivity index (χ0n) is 41.3. The Labute approximate surface area is 407 Å². The number of rotatable bonds is 10. The number of H-pyrrole nitrogens is 1. The van der Waals surface area contributed by atoms with Gasteiger partial charge in [-0.3, -0.25) is 19.3 Å². The largest absolute Gasteiger partial charge is 0.496 e. The highest BCUT2D eigenvalue weighted by molar-refractivity contribution is 5.96. The molecule has 1 saturated carbocycles. The molecule has 4 aromatic rings. The highest BCUT2D eigenvalue weighted by atomic mass is 19.1. The van der Waals surface area contributed by atoms with Gasteiger partial charge in [0.25, 0.3) is 5.91 Å². The molecular weight excluding hydrogens is 898 g/mol. The molecule has 3 N–H and O–H groups in total. The van der Waals surface area contributed by atoms with E-state index >= 15 is 9.18 Å². The number of methoxy groups -OCH3 is 4. The summed E-state index contributed by atoms with van der Waals surface area (Å²) in [6, 6.07) is 14.9. The van der Waals surface area contributed by atoms with Crippen molar-refractivity contribution in [1.82, 2.24) is 20.1 Å². The molecule has 2 bridgehead atoms. The van der Waals surface area contributed by atoms with Crippen molar-refractivity contribution in [3.63, 3.8) is 0 Å². The number of hydrogen-bond acceptors (Lipinski definition) is 13. The molecular formula is C54H64FN5O10. The van der Waals surface area contributed by atoms with Gasteiger partial charge in [0, 0.05) is 96.5 Å². The summed E-state index contributed by atoms with van der Waals surface area (Å²) in [7, 11) is 7.45. The van der Waals surface area contributed by atoms with E-state index in [1.807, 2.05) is 62.2 Å². The van der Waals surface area contributed by atoms with E-state index in [1.165, 1.54) is 40.4 Å². The Balaban J connectivity index is 1.20. The maximum Gasteiger partial charge on any atom is 0.344 e. The Morgan fingerprint density at radius 2 is 1.66 bits per heavy atom. The summed E-state index contributed by atoms with van der Waals surface area (Å²) < 4.78 is 44.3. The predicted octanol–water partition coefficient (Wildman–Crippen LogP) is 5.58. The molecule has 10 rings (SSSR count). The normalized spacial score (nSPS) is 32.8. The molecule has 1 amide bonds. The fraction of sp³-hybridized carbons (Fsp3) is 0.519. The van der Waals surface area contributed by atoms with Crippen LogP contribution in [0.15, 0.2) is 66.7 Å². The SMILES string of the molecule is CC[C@]1(NC(=O)c2ccc(OC)c(F)c2)C[C@H]2CN(CCc3c([nH]c4ccccc34)[C@@](C(=O)OC)(c3cc4c(cc3OC)N(C)[C@H]3[C@@](O)(C(=O)OC)[C@H](OC(C)=O)[C@]5(CC)C=CCN6CC[C@]43[C@@H]65)C2)C1. The number of hydrogen-bond donors (Lipinski definition) is 3. The van der Waals surface area contributed by atoms with Gasteiger partial charge in [0.2, 0.25) is 5.60 Å². The third-order valence-corrected chi connectivity index (χ3v) is 17.4. The number of para-hydroxylation sites is 1. The van der Waals surface area contributed by atoms with Crippen molar-refractivity contribution in [3.05, 3.63) is 101 Å². The second-order valence-electron chi connectivity index (χ2n) is 20.6. The minimum absolute atomic E-state index is 0.0436. The Morgan fingerprint density at radius 3 is 2.34 bits per heavy atom. The topological polar surface area (TPSA) is 172 Å². The summed E-state index contributed by atoms with van der Waals surface area (Å²) >= 11 is 0. The molecule has 15 nitrogen and oxygen atoms in total. The molecule has 1 unspecified atom stereocenters. The first-order chi connectivity index (χ1) is 33.6. The van der Waals surface area contributed by atoms with E-state index in [-0.39, 0.29) is 29.7 Å². The summed E-state index contributed by atoms with van der Waals surface area (Å²) in [6.07, 6.45) is 5.55. The average molecular weight is 962 g/mol. The minimum Gasteiger partial charge on any atom is -0.496 e. The van der Waals surface area contributed by atoms with Crippen molar-refractivity contribution in [2.24, 2.45) is 11.3 Å². The number of nitrogens with one attached hydrogen (secondary N) is 2. The summed E-state index contributed by atoms with van der Waals surface area (Å²) in [5.74, 6) is -2.85. The zero-order chi connectivity index (χ0) is 49.7. The van der Waals surface area contributed by atoms with E-state index in [0.717, 1.165) is 22.0 Å². The van der Waals surface area contributed by atoms with Gasteiger partial charge in [-0.1, -0.05) is 44.2 Å². The van der Waals surface area contributed by atoms with Gasteiger partial charge in [0.05, 0.1) is 40.0 Å². The second kappa shape index (κ2) is 17.1. The lowest BCUT2D eigenvalue weighted by Crippen LogP contribution is -2.81. The van der Waals surface area contributed by atoms with Crippen LogP contribution in [0.5, 0.6) is 11.5 Å². The number of carbonyl (C=O) groups excluding carboxylic acids is 4. The highest BCUT2D eigenvalue weighted by Crippen LogP contribution is 2.68. The number of fused-ring (bicyclic) bond motifs is 6. The van der Waals surface area contributed by atoms with Gasteiger partial charge in [0.15, 0.2) is 17.7 Å². The molecule has 1 spiro atoms. The van der Waals surface area contributed by atoms with Crippen molar-refractivity contribution in [2.75, 3.05) is 73.1 Å². The molecule has 3 aromatic carbocycles. The van der Waals surface area contributed by atoms with Crippen LogP contribution in [0, 0.1) is 17.2 Å². The van der Waals surface area contributed by atoms with Crippen molar-refractivity contribution in [3.8, 4) is 11.5 Å². The summed E-state index contributed by atoms with van der Waals surface area (Å²) in [5.41, 5.74) is -1.91. The number of amides is 1. The molecule has 16 heteroatoms. The van der Waals surface area contributed by atoms with Gasteiger partial charge in [0.1, 0.15) is 11.2 Å². The number of aromatic amines is 1. The number of nitrogens with zero attached hydrogens (tertiary/aromatic N) is 3. The van der Waals surface area contributed by atoms with Crippen LogP contribution < -0.4 is 19.7 Å². The van der Waals surface area contributed by atoms with Crippen molar-refractivity contribution < 1.29 is 52.4 Å². The Kier molecular flexibility index (Phi) is 11.7. The van der Waals surface area contributed by atoms with Crippen LogP contribution in [0.4, 0.5) is 10.1 Å². The van der Waals surface area contributed by atoms with Crippen LogP contribution in [-0.2, 0) is 45.8 Å². The number of anilines is 1. The second-order valence-corrected chi connectivity index (χ2v) is 20.6. The first kappa shape index (κ1) is 47.7. The van der Waals surface area contributed by atoms with Gasteiger partial charge in [-0.15, -0.1) is 0 Å². The smallest absolute Gasteiger partial charge is 0.344 e. The summed E-state index contributed by atoms with van der Waals surface area (Å²) in [5, 5.41) is 17.8. The van der Waals surface area contributed by atoms with Crippen LogP contribution >= 0.6 is 0 Å². The Hall–Kier alpha value is -5.97. The summed E-state index contributed by atoms with van der Waals surface area (Å²) in [6.45, 7) is 8.33. The van der Waals surface area contributed by atoms with E-state index in [0.29, 0.717) is 87.5 Å². The number of halogens is 1. The number of likely N-dealkylation sites (N-methyl/N-ethyl adjacent to an activating group) is 1. The fourth-order valence-corrected chi connectivity index (χ4v) is 14.8. The quantitative estimate of drug-likeness (QED) is 0.102. The monoisotopic (exact) mass is 961 g/mol. The van der Waals surface area contributed by atoms with Gasteiger partial charge < -0.3 is 48.9 Å². The predicted molar refractivity (Wildman–Crippen MR) is 259 cm³/mol. The Morgan fingerprint density at radius 1 is 0.900 bits per heavy atom. The highest BCUT2D eigenvalue weighted by Gasteiger charge is 2.80. The first-order valence-electron chi connectivity index (χ1n) is 24.5. The number of benzene rings is 3. The average Bonchev–Trinajstić information content (AvgIpc) is 4.02. The maximum absolute atomic E-state index is 15.7. The molecule has 6 heterocycles. The van der Waals surface area contributed by atoms with E-state index in [4.69, 9.17) is 23.7 Å². The number of piperidine rings is 1. The molecule has 6 aliphatic rings. The Bertz CT molecular complexity index is 2830. The summed E-state index contributed by atoms with van der Waals surface area (Å²) in [4.78, 5) is 68.0. The number of carbonyl (C=O) groups is 4. The molecule has 5 aliphatic heterocycles. The first-order valence-corrected chi connectivity index (χ1v) is 24.5. The van der Waals surface area contributed by atoms with Crippen LogP contribution in [-0.4, -0.2) is 141 Å². The van der Waals surface area contributed by atoms with Crippen molar-refractivity contribution in [1.29, 1.82) is 0 Å². The lowest BCUT2D eigenvalue weighted by Gasteiger charge is -2.63. The van der Waals surface area contributed by atoms with Gasteiger partial charge in [-0.25, -0.2) is 9.18 Å². The fourth-order valence-electron chi connectivity index (χ4n) is 14.8. The van der Waals surface area contributed by atoms with E-state index in [9.17, 15) is 19.5 Å². The van der Waals surface area contributed by atoms with Crippen LogP contribution in [0.2, 0.25) is 0 Å². The van der Waals surface area contributed by atoms with Gasteiger partial charge >= 0.3 is 17.9 Å². The maximum atomic E-state index is 15.7. The van der Waals surface area contributed by atoms with Gasteiger partial charge in [-0.05, 0) is 92.4 Å². The van der Waals surface area contributed by atoms with Crippen LogP contribution in [0.3, 0.4) is 0 Å². The number of aromatic nitrogens is 1. The van der Waals surface area contributed by atoms with Crippen LogP contribution in [0.1, 0.15) is 85.6 Å². The number of aliphatic hydroxyl groups is 1. The van der Waals surface area contributed by atoms with E-state index < -0.39 is 69.2 Å². The molecule has 3 fully saturated rings. The third kappa shape index (κ3) is 6.53. The zero-order valence-corrected chi connectivity index (χ0v) is 41.3. The standard InChI is InChI=1S/C54H64FN5O10/c1-9-50(57-44(62)33-16-17-41(66-5)38(55)24-33)27-32-28-53(48(63)68-7,43-35(18-22-59(29-32)30-50)34-14-11-12-15-39(34)56-43)37-25-36-40(26-42(37)67-6)58(4)46-52(36)20-23-60-21-13-19-51(10-2,45(52)60)47(70-31(3)61)54(46,65)49(64)69-8/h11-17,19,24-26,32,45-47,56,65H,9-10,18,20-23,27-30H2,1-8H3,(H,57,62)/t32-,45+,46-,47-,50+,51-,52-,53+,54+/m1/s1. The van der Waals surface area contributed by atoms with Gasteiger partial charge in [-0.2, -0.15) is 0 Å².